The van der Waals surface area contributed by atoms with Crippen molar-refractivity contribution in [3.8, 4) is 0 Å². The normalized spacial score (nSPS) is 17.9. The zero-order valence-corrected chi connectivity index (χ0v) is 20.1. The minimum atomic E-state index is -1.17. The third kappa shape index (κ3) is 5.84. The van der Waals surface area contributed by atoms with E-state index in [1.165, 1.54) is 38.5 Å². The molecule has 0 amide bonds. The van der Waals surface area contributed by atoms with Gasteiger partial charge in [-0.15, -0.1) is 0 Å². The molecule has 4 nitrogen and oxygen atoms in total. The monoisotopic (exact) mass is 501 g/mol. The SMILES string of the molecule is CCCCCCCCCCN1c2nccc[n+]2C[C@@]1(O)c1ccc(Cl)c(Cl)c1.[Br-]. The van der Waals surface area contributed by atoms with E-state index in [1.54, 1.807) is 18.3 Å². The minimum absolute atomic E-state index is 0. The summed E-state index contributed by atoms with van der Waals surface area (Å²) in [7, 11) is 0. The number of anilines is 1. The van der Waals surface area contributed by atoms with Gasteiger partial charge in [0.1, 0.15) is 12.7 Å². The van der Waals surface area contributed by atoms with Gasteiger partial charge >= 0.3 is 5.95 Å². The van der Waals surface area contributed by atoms with Crippen molar-refractivity contribution < 1.29 is 26.7 Å². The van der Waals surface area contributed by atoms with E-state index in [9.17, 15) is 5.11 Å². The van der Waals surface area contributed by atoms with Crippen LogP contribution < -0.4 is 26.4 Å². The van der Waals surface area contributed by atoms with Gasteiger partial charge in [0.05, 0.1) is 22.8 Å². The lowest BCUT2D eigenvalue weighted by molar-refractivity contribution is -0.685. The fraction of sp³-hybridized carbons (Fsp3) is 0.545. The highest BCUT2D eigenvalue weighted by Crippen LogP contribution is 2.36. The van der Waals surface area contributed by atoms with Crippen LogP contribution in [0.25, 0.3) is 0 Å². The number of hydrogen-bond donors (Lipinski definition) is 1. The van der Waals surface area contributed by atoms with Crippen LogP contribution in [0.1, 0.15) is 63.9 Å². The van der Waals surface area contributed by atoms with Crippen LogP contribution in [0.15, 0.2) is 36.7 Å². The van der Waals surface area contributed by atoms with Gasteiger partial charge in [-0.25, -0.2) is 9.47 Å². The average molecular weight is 503 g/mol. The molecule has 160 valence electrons. The van der Waals surface area contributed by atoms with Gasteiger partial charge in [0, 0.05) is 11.6 Å². The van der Waals surface area contributed by atoms with Crippen LogP contribution in [0.4, 0.5) is 5.95 Å². The van der Waals surface area contributed by atoms with E-state index in [4.69, 9.17) is 23.2 Å². The molecule has 0 aliphatic carbocycles. The first kappa shape index (κ1) is 24.4. The van der Waals surface area contributed by atoms with Crippen LogP contribution in [0.2, 0.25) is 10.0 Å². The van der Waals surface area contributed by atoms with Gasteiger partial charge in [-0.3, -0.25) is 0 Å². The third-order valence-corrected chi connectivity index (χ3v) is 6.23. The Labute approximate surface area is 194 Å². The van der Waals surface area contributed by atoms with Crippen molar-refractivity contribution in [3.05, 3.63) is 52.3 Å². The highest BCUT2D eigenvalue weighted by atomic mass is 79.9. The summed E-state index contributed by atoms with van der Waals surface area (Å²) in [5.41, 5.74) is -0.427. The Bertz CT molecular complexity index is 792. The predicted molar refractivity (Wildman–Crippen MR) is 115 cm³/mol. The third-order valence-electron chi connectivity index (χ3n) is 5.49. The maximum absolute atomic E-state index is 11.6. The van der Waals surface area contributed by atoms with Crippen molar-refractivity contribution in [2.75, 3.05) is 11.4 Å². The molecule has 1 aliphatic rings. The molecule has 2 heterocycles. The molecular weight excluding hydrogens is 473 g/mol. The van der Waals surface area contributed by atoms with Crippen molar-refractivity contribution in [2.24, 2.45) is 0 Å². The van der Waals surface area contributed by atoms with E-state index in [0.717, 1.165) is 30.9 Å². The summed E-state index contributed by atoms with van der Waals surface area (Å²) in [5, 5.41) is 12.6. The van der Waals surface area contributed by atoms with Crippen LogP contribution in [0.5, 0.6) is 0 Å². The maximum atomic E-state index is 11.6. The molecule has 0 unspecified atom stereocenters. The summed E-state index contributed by atoms with van der Waals surface area (Å²) in [6.45, 7) is 3.42. The molecule has 0 fully saturated rings. The first-order valence-electron chi connectivity index (χ1n) is 10.4. The summed E-state index contributed by atoms with van der Waals surface area (Å²) in [6.07, 6.45) is 13.7. The van der Waals surface area contributed by atoms with Crippen molar-refractivity contribution >= 4 is 29.2 Å². The van der Waals surface area contributed by atoms with E-state index in [-0.39, 0.29) is 17.0 Å². The molecule has 29 heavy (non-hydrogen) atoms. The average Bonchev–Trinajstić information content (AvgIpc) is 2.98. The second-order valence-electron chi connectivity index (χ2n) is 7.62. The second-order valence-corrected chi connectivity index (χ2v) is 8.43. The molecule has 1 aromatic heterocycles. The highest BCUT2D eigenvalue weighted by molar-refractivity contribution is 6.42. The Balaban J connectivity index is 0.00000300. The summed E-state index contributed by atoms with van der Waals surface area (Å²) in [4.78, 5) is 6.52. The Kier molecular flexibility index (Phi) is 9.67. The molecule has 0 radical (unpaired) electrons. The lowest BCUT2D eigenvalue weighted by Crippen LogP contribution is -3.00. The zero-order valence-electron chi connectivity index (χ0n) is 17.0. The summed E-state index contributed by atoms with van der Waals surface area (Å²) >= 11 is 12.3. The van der Waals surface area contributed by atoms with Gasteiger partial charge in [0.25, 0.3) is 0 Å². The number of rotatable bonds is 10. The topological polar surface area (TPSA) is 40.2 Å². The van der Waals surface area contributed by atoms with Crippen molar-refractivity contribution in [1.82, 2.24) is 4.98 Å². The van der Waals surface area contributed by atoms with Crippen molar-refractivity contribution in [2.45, 2.75) is 70.6 Å². The van der Waals surface area contributed by atoms with Gasteiger partial charge < -0.3 is 22.1 Å². The number of aromatic nitrogens is 2. The molecule has 3 rings (SSSR count). The van der Waals surface area contributed by atoms with E-state index < -0.39 is 5.72 Å². The molecule has 1 atom stereocenters. The molecule has 0 spiro atoms. The number of unbranched alkanes of at least 4 members (excludes halogenated alkanes) is 7. The molecule has 1 aliphatic heterocycles. The van der Waals surface area contributed by atoms with Gasteiger partial charge in [0.15, 0.2) is 0 Å². The molecular formula is C22H30BrCl2N3O. The second kappa shape index (κ2) is 11.5. The van der Waals surface area contributed by atoms with Gasteiger partial charge in [-0.2, -0.15) is 0 Å². The van der Waals surface area contributed by atoms with Gasteiger partial charge in [0.2, 0.25) is 5.72 Å². The number of fused-ring (bicyclic) bond motifs is 1. The zero-order chi connectivity index (χ0) is 20.0. The fourth-order valence-corrected chi connectivity index (χ4v) is 4.21. The van der Waals surface area contributed by atoms with Crippen LogP contribution in [-0.2, 0) is 12.3 Å². The van der Waals surface area contributed by atoms with Crippen LogP contribution >= 0.6 is 23.2 Å². The Morgan fingerprint density at radius 1 is 1.07 bits per heavy atom. The van der Waals surface area contributed by atoms with Crippen LogP contribution in [0.3, 0.4) is 0 Å². The van der Waals surface area contributed by atoms with Crippen LogP contribution in [0, 0.1) is 0 Å². The maximum Gasteiger partial charge on any atom is 0.396 e. The van der Waals surface area contributed by atoms with Crippen molar-refractivity contribution in [1.29, 1.82) is 0 Å². The fourth-order valence-electron chi connectivity index (χ4n) is 3.91. The van der Waals surface area contributed by atoms with E-state index in [0.29, 0.717) is 16.6 Å². The minimum Gasteiger partial charge on any atom is -1.00 e. The molecule has 1 aromatic carbocycles. The van der Waals surface area contributed by atoms with Crippen LogP contribution in [-0.4, -0.2) is 16.6 Å². The number of benzene rings is 1. The number of hydrogen-bond acceptors (Lipinski definition) is 3. The Morgan fingerprint density at radius 2 is 1.76 bits per heavy atom. The summed E-state index contributed by atoms with van der Waals surface area (Å²) in [5.74, 6) is 0.791. The lowest BCUT2D eigenvalue weighted by Gasteiger charge is -2.28. The summed E-state index contributed by atoms with van der Waals surface area (Å²) in [6, 6.07) is 7.24. The van der Waals surface area contributed by atoms with E-state index >= 15 is 0 Å². The lowest BCUT2D eigenvalue weighted by atomic mass is 10.0. The Hall–Kier alpha value is -0.880. The standard InChI is InChI=1S/C22H30Cl2N3O.BrH/c1-2-3-4-5-6-7-8-9-15-27-21-25-13-10-14-26(21)17-22(27,28)18-11-12-19(23)20(24)16-18;/h10-14,16,28H,2-9,15,17H2,1H3;1H/q+1;/p-1/t22-;/m1./s1. The number of aliphatic hydroxyl groups is 1. The molecule has 0 bridgehead atoms. The number of nitrogens with zero attached hydrogens (tertiary/aromatic N) is 3. The van der Waals surface area contributed by atoms with E-state index in [1.807, 2.05) is 27.8 Å². The van der Waals surface area contributed by atoms with Gasteiger partial charge in [-0.05, 0) is 18.6 Å². The first-order chi connectivity index (χ1) is 13.6. The summed E-state index contributed by atoms with van der Waals surface area (Å²) < 4.78 is 1.99. The van der Waals surface area contributed by atoms with E-state index in [2.05, 4.69) is 11.9 Å². The van der Waals surface area contributed by atoms with Crippen molar-refractivity contribution in [3.63, 3.8) is 0 Å². The predicted octanol–water partition coefficient (Wildman–Crippen LogP) is 2.49. The molecule has 2 aromatic rings. The smallest absolute Gasteiger partial charge is 0.396 e. The number of halogens is 3. The highest BCUT2D eigenvalue weighted by Gasteiger charge is 2.51. The Morgan fingerprint density at radius 3 is 2.45 bits per heavy atom. The largest absolute Gasteiger partial charge is 1.00 e. The molecule has 0 saturated carbocycles. The molecule has 7 heteroatoms. The quantitative estimate of drug-likeness (QED) is 0.400. The molecule has 0 saturated heterocycles. The molecule has 1 N–H and O–H groups in total. The van der Waals surface area contributed by atoms with Gasteiger partial charge in [-0.1, -0.05) is 86.1 Å². The first-order valence-corrected chi connectivity index (χ1v) is 11.1.